The van der Waals surface area contributed by atoms with Crippen molar-refractivity contribution in [1.82, 2.24) is 15.2 Å². The minimum Gasteiger partial charge on any atom is -0.481 e. The molecule has 3 rings (SSSR count). The average Bonchev–Trinajstić information content (AvgIpc) is 3.55. The van der Waals surface area contributed by atoms with Crippen molar-refractivity contribution < 1.29 is 39.6 Å². The van der Waals surface area contributed by atoms with Gasteiger partial charge in [-0.2, -0.15) is 10.5 Å². The van der Waals surface area contributed by atoms with Crippen LogP contribution in [0.25, 0.3) is 0 Å². The van der Waals surface area contributed by atoms with Crippen LogP contribution in [0.4, 0.5) is 5.82 Å². The maximum atomic E-state index is 12.3. The van der Waals surface area contributed by atoms with Gasteiger partial charge in [0, 0.05) is 25.3 Å². The van der Waals surface area contributed by atoms with Crippen molar-refractivity contribution in [3.05, 3.63) is 23.9 Å². The molecule has 2 fully saturated rings. The molecule has 2 aliphatic rings. The number of nitrogens with zero attached hydrogens (tertiary/aromatic N) is 4. The maximum absolute atomic E-state index is 12.3. The van der Waals surface area contributed by atoms with E-state index >= 15 is 0 Å². The number of anilines is 1. The summed E-state index contributed by atoms with van der Waals surface area (Å²) >= 11 is 0. The number of rotatable bonds is 11. The molecule has 1 amide bonds. The Balaban J connectivity index is 0.000000349. The molecule has 39 heavy (non-hydrogen) atoms. The lowest BCUT2D eigenvalue weighted by molar-refractivity contribution is -0.170. The van der Waals surface area contributed by atoms with Crippen LogP contribution >= 0.6 is 0 Å². The van der Waals surface area contributed by atoms with E-state index < -0.39 is 36.4 Å². The number of nitriles is 2. The Morgan fingerprint density at radius 1 is 1.08 bits per heavy atom. The first kappa shape index (κ1) is 31.0. The number of carboxylic acid groups (broad SMARTS) is 3. The molecular weight excluding hydrogens is 512 g/mol. The second-order valence-electron chi connectivity index (χ2n) is 9.53. The molecule has 14 nitrogen and oxygen atoms in total. The average molecular weight is 545 g/mol. The number of carbonyl (C=O) groups excluding carboxylic acids is 1. The van der Waals surface area contributed by atoms with Crippen LogP contribution < -0.4 is 10.6 Å². The molecular formula is C25H32N6O8. The first-order valence-corrected chi connectivity index (χ1v) is 12.4. The van der Waals surface area contributed by atoms with E-state index in [9.17, 15) is 19.2 Å². The van der Waals surface area contributed by atoms with Crippen LogP contribution in [0.1, 0.15) is 50.5 Å². The molecule has 0 spiro atoms. The van der Waals surface area contributed by atoms with Crippen LogP contribution in [0.5, 0.6) is 0 Å². The summed E-state index contributed by atoms with van der Waals surface area (Å²) < 4.78 is 0. The molecule has 0 radical (unpaired) electrons. The monoisotopic (exact) mass is 544 g/mol. The summed E-state index contributed by atoms with van der Waals surface area (Å²) in [6.07, 6.45) is 4.19. The number of likely N-dealkylation sites (tertiary alicyclic amines) is 1. The number of pyridine rings is 1. The summed E-state index contributed by atoms with van der Waals surface area (Å²) in [5.74, 6) is -3.65. The van der Waals surface area contributed by atoms with Crippen molar-refractivity contribution in [3.8, 4) is 12.1 Å². The lowest BCUT2D eigenvalue weighted by Crippen LogP contribution is -2.43. The largest absolute Gasteiger partial charge is 0.481 e. The number of aliphatic hydroxyl groups is 1. The fourth-order valence-electron chi connectivity index (χ4n) is 4.51. The Labute approximate surface area is 224 Å². The van der Waals surface area contributed by atoms with Crippen LogP contribution in [-0.2, 0) is 19.2 Å². The van der Waals surface area contributed by atoms with E-state index in [1.165, 1.54) is 0 Å². The number of nitrogens with one attached hydrogen (secondary N) is 2. The van der Waals surface area contributed by atoms with Gasteiger partial charge in [0.1, 0.15) is 17.9 Å². The van der Waals surface area contributed by atoms with Gasteiger partial charge in [0.05, 0.1) is 31.0 Å². The number of carboxylic acids is 3. The standard InChI is InChI=1S/C19H24N6O.C6H8O7/c20-9-15-4-6-18(24-12-15)23-11-14-3-5-16(8-14)22-13-19(26)25-7-1-2-17(25)10-21;7-3(8)1-6(13,5(11)12)2-4(9)10/h4,6,12,14,16-17,22H,1-3,5,7-8,11,13H2,(H,23,24);13H,1-2H2,(H,7,8)(H,9,10)(H,11,12)/t14?,16?,17-;/m0./s1. The third kappa shape index (κ3) is 9.85. The Kier molecular flexibility index (Phi) is 11.6. The fraction of sp³-hybridized carbons (Fsp3) is 0.560. The van der Waals surface area contributed by atoms with E-state index in [4.69, 9.17) is 30.9 Å². The molecule has 210 valence electrons. The number of amides is 1. The normalized spacial score (nSPS) is 20.2. The van der Waals surface area contributed by atoms with Crippen molar-refractivity contribution in [2.45, 2.75) is 62.6 Å². The van der Waals surface area contributed by atoms with Gasteiger partial charge in [-0.05, 0) is 50.2 Å². The molecule has 0 bridgehead atoms. The maximum Gasteiger partial charge on any atom is 0.336 e. The predicted octanol–water partition coefficient (Wildman–Crippen LogP) is 0.390. The lowest BCUT2D eigenvalue weighted by Gasteiger charge is -2.21. The van der Waals surface area contributed by atoms with Crippen molar-refractivity contribution in [3.63, 3.8) is 0 Å². The lowest BCUT2D eigenvalue weighted by atomic mass is 9.96. The summed E-state index contributed by atoms with van der Waals surface area (Å²) in [4.78, 5) is 48.7. The molecule has 0 aromatic carbocycles. The molecule has 1 aliphatic heterocycles. The molecule has 2 heterocycles. The Hall–Kier alpha value is -4.27. The number of aliphatic carboxylic acids is 3. The van der Waals surface area contributed by atoms with Crippen molar-refractivity contribution in [2.75, 3.05) is 25.0 Å². The molecule has 6 N–H and O–H groups in total. The first-order valence-electron chi connectivity index (χ1n) is 12.4. The molecule has 1 saturated carbocycles. The zero-order valence-electron chi connectivity index (χ0n) is 21.2. The zero-order valence-corrected chi connectivity index (χ0v) is 21.2. The van der Waals surface area contributed by atoms with Crippen LogP contribution in [0.2, 0.25) is 0 Å². The summed E-state index contributed by atoms with van der Waals surface area (Å²) in [5.41, 5.74) is -2.18. The Bertz CT molecular complexity index is 1100. The van der Waals surface area contributed by atoms with Crippen LogP contribution in [0.3, 0.4) is 0 Å². The highest BCUT2D eigenvalue weighted by atomic mass is 16.4. The van der Waals surface area contributed by atoms with E-state index in [2.05, 4.69) is 27.8 Å². The number of aromatic nitrogens is 1. The zero-order chi connectivity index (χ0) is 29.0. The first-order chi connectivity index (χ1) is 18.5. The fourth-order valence-corrected chi connectivity index (χ4v) is 4.51. The van der Waals surface area contributed by atoms with Gasteiger partial charge in [-0.3, -0.25) is 14.4 Å². The summed E-state index contributed by atoms with van der Waals surface area (Å²) in [7, 11) is 0. The topological polar surface area (TPSA) is 237 Å². The highest BCUT2D eigenvalue weighted by Crippen LogP contribution is 2.26. The van der Waals surface area contributed by atoms with E-state index in [0.717, 1.165) is 44.5 Å². The number of carbonyl (C=O) groups is 4. The second kappa shape index (κ2) is 14.6. The Morgan fingerprint density at radius 3 is 2.31 bits per heavy atom. The molecule has 14 heteroatoms. The van der Waals surface area contributed by atoms with Gasteiger partial charge >= 0.3 is 17.9 Å². The van der Waals surface area contributed by atoms with E-state index in [0.29, 0.717) is 30.6 Å². The quantitative estimate of drug-likeness (QED) is 0.221. The highest BCUT2D eigenvalue weighted by molar-refractivity contribution is 5.88. The third-order valence-corrected chi connectivity index (χ3v) is 6.56. The van der Waals surface area contributed by atoms with Gasteiger partial charge < -0.3 is 36.0 Å². The Morgan fingerprint density at radius 2 is 1.77 bits per heavy atom. The van der Waals surface area contributed by atoms with Crippen LogP contribution in [-0.4, -0.2) is 91.4 Å². The van der Waals surface area contributed by atoms with E-state index in [1.54, 1.807) is 17.2 Å². The van der Waals surface area contributed by atoms with Crippen LogP contribution in [0, 0.1) is 28.6 Å². The van der Waals surface area contributed by atoms with Gasteiger partial charge in [0.25, 0.3) is 0 Å². The number of hydrogen-bond donors (Lipinski definition) is 6. The summed E-state index contributed by atoms with van der Waals surface area (Å²) in [6.45, 7) is 1.86. The minimum atomic E-state index is -2.74. The second-order valence-corrected chi connectivity index (χ2v) is 9.53. The van der Waals surface area contributed by atoms with Crippen LogP contribution in [0.15, 0.2) is 18.3 Å². The minimum absolute atomic E-state index is 0.0393. The molecule has 1 aromatic rings. The van der Waals surface area contributed by atoms with Crippen molar-refractivity contribution >= 4 is 29.6 Å². The highest BCUT2D eigenvalue weighted by Gasteiger charge is 2.40. The summed E-state index contributed by atoms with van der Waals surface area (Å²) in [5, 5.41) is 58.4. The van der Waals surface area contributed by atoms with Crippen molar-refractivity contribution in [2.24, 2.45) is 5.92 Å². The third-order valence-electron chi connectivity index (χ3n) is 6.56. The number of hydrogen-bond acceptors (Lipinski definition) is 10. The van der Waals surface area contributed by atoms with E-state index in [1.807, 2.05) is 6.07 Å². The van der Waals surface area contributed by atoms with Gasteiger partial charge in [-0.25, -0.2) is 9.78 Å². The molecule has 1 saturated heterocycles. The van der Waals surface area contributed by atoms with Gasteiger partial charge in [0.15, 0.2) is 5.60 Å². The van der Waals surface area contributed by atoms with Gasteiger partial charge in [-0.1, -0.05) is 0 Å². The molecule has 3 atom stereocenters. The van der Waals surface area contributed by atoms with Gasteiger partial charge in [0.2, 0.25) is 5.91 Å². The molecule has 2 unspecified atom stereocenters. The SMILES string of the molecule is N#Cc1ccc(NCC2CCC(NCC(=O)N3CCC[C@H]3C#N)C2)nc1.O=C(O)CC(O)(CC(=O)O)C(=O)O. The van der Waals surface area contributed by atoms with Gasteiger partial charge in [-0.15, -0.1) is 0 Å². The van der Waals surface area contributed by atoms with Crippen molar-refractivity contribution in [1.29, 1.82) is 10.5 Å². The molecule has 1 aromatic heterocycles. The smallest absolute Gasteiger partial charge is 0.336 e. The predicted molar refractivity (Wildman–Crippen MR) is 134 cm³/mol. The summed E-state index contributed by atoms with van der Waals surface area (Å²) in [6, 6.07) is 7.96. The van der Waals surface area contributed by atoms with E-state index in [-0.39, 0.29) is 11.9 Å². The molecule has 1 aliphatic carbocycles.